The van der Waals surface area contributed by atoms with E-state index in [9.17, 15) is 4.39 Å². The Bertz CT molecular complexity index is 1190. The Morgan fingerprint density at radius 2 is 1.77 bits per heavy atom. The van der Waals surface area contributed by atoms with E-state index in [0.29, 0.717) is 10.8 Å². The summed E-state index contributed by atoms with van der Waals surface area (Å²) in [5.74, 6) is 2.45. The first-order valence-electron chi connectivity index (χ1n) is 9.21. The normalized spacial score (nSPS) is 13.3. The summed E-state index contributed by atoms with van der Waals surface area (Å²) < 4.78 is 15.0. The highest BCUT2D eigenvalue weighted by molar-refractivity contribution is 8.05. The van der Waals surface area contributed by atoms with Crippen LogP contribution in [-0.4, -0.2) is 26.3 Å². The van der Waals surface area contributed by atoms with Gasteiger partial charge in [0, 0.05) is 43.0 Å². The van der Waals surface area contributed by atoms with Crippen molar-refractivity contribution in [2.75, 3.05) is 11.5 Å². The van der Waals surface area contributed by atoms with Crippen LogP contribution in [-0.2, 0) is 0 Å². The molecule has 2 aromatic carbocycles. The molecule has 8 heteroatoms. The van der Waals surface area contributed by atoms with Gasteiger partial charge in [0.15, 0.2) is 5.82 Å². The molecule has 4 aromatic rings. The average Bonchev–Trinajstić information content (AvgIpc) is 3.19. The number of aromatic nitrogens is 3. The Balaban J connectivity index is 1.58. The van der Waals surface area contributed by atoms with E-state index in [1.54, 1.807) is 22.5 Å². The number of fused-ring (bicyclic) bond motifs is 1. The maximum absolute atomic E-state index is 13.3. The molecule has 0 spiro atoms. The second-order valence-electron chi connectivity index (χ2n) is 6.54. The third-order valence-corrected chi connectivity index (χ3v) is 8.28. The van der Waals surface area contributed by atoms with Crippen LogP contribution in [0.25, 0.3) is 17.1 Å². The van der Waals surface area contributed by atoms with E-state index >= 15 is 0 Å². The highest BCUT2D eigenvalue weighted by Gasteiger charge is 2.17. The van der Waals surface area contributed by atoms with E-state index in [-0.39, 0.29) is 5.82 Å². The van der Waals surface area contributed by atoms with E-state index in [1.165, 1.54) is 22.1 Å². The molecule has 0 bridgehead atoms. The number of pyridine rings is 1. The van der Waals surface area contributed by atoms with Crippen molar-refractivity contribution >= 4 is 46.9 Å². The molecule has 0 fully saturated rings. The second-order valence-corrected chi connectivity index (χ2v) is 10.4. The van der Waals surface area contributed by atoms with Gasteiger partial charge in [-0.2, -0.15) is 5.10 Å². The molecule has 0 saturated heterocycles. The summed E-state index contributed by atoms with van der Waals surface area (Å²) in [6.07, 6.45) is 3.14. The summed E-state index contributed by atoms with van der Waals surface area (Å²) in [6, 6.07) is 17.3. The molecule has 0 aliphatic carbocycles. The monoisotopic (exact) mass is 471 g/mol. The zero-order valence-electron chi connectivity index (χ0n) is 15.6. The molecule has 0 unspecified atom stereocenters. The third kappa shape index (κ3) is 4.25. The maximum Gasteiger partial charge on any atom is 0.153 e. The molecule has 30 heavy (non-hydrogen) atoms. The number of halogens is 2. The molecule has 0 saturated carbocycles. The highest BCUT2D eigenvalue weighted by Crippen LogP contribution is 2.41. The predicted octanol–water partition coefficient (Wildman–Crippen LogP) is 7.08. The van der Waals surface area contributed by atoms with Crippen LogP contribution in [0.3, 0.4) is 0 Å². The molecule has 5 rings (SSSR count). The van der Waals surface area contributed by atoms with Gasteiger partial charge in [-0.1, -0.05) is 29.4 Å². The smallest absolute Gasteiger partial charge is 0.153 e. The number of hydrogen-bond donors (Lipinski definition) is 0. The molecular weight excluding hydrogens is 457 g/mol. The van der Waals surface area contributed by atoms with Gasteiger partial charge in [-0.15, -0.1) is 23.5 Å². The molecule has 0 radical (unpaired) electrons. The minimum absolute atomic E-state index is 0.369. The van der Waals surface area contributed by atoms with E-state index in [0.717, 1.165) is 32.6 Å². The molecule has 2 aromatic heterocycles. The van der Waals surface area contributed by atoms with Gasteiger partial charge in [0.25, 0.3) is 0 Å². The van der Waals surface area contributed by atoms with E-state index in [1.807, 2.05) is 54.0 Å². The highest BCUT2D eigenvalue weighted by atomic mass is 35.5. The van der Waals surface area contributed by atoms with E-state index in [4.69, 9.17) is 16.7 Å². The lowest BCUT2D eigenvalue weighted by atomic mass is 10.1. The minimum Gasteiger partial charge on any atom is -0.234 e. The summed E-state index contributed by atoms with van der Waals surface area (Å²) in [5.41, 5.74) is 1.93. The molecule has 3 heterocycles. The summed E-state index contributed by atoms with van der Waals surface area (Å²) in [7, 11) is 0. The SMILES string of the molecule is Fc1ccc(-n2cc(Sc3ccc(Cl)cc3)c(-c3ccc4c(c3)SCCS4)n2)nc1. The van der Waals surface area contributed by atoms with Crippen LogP contribution < -0.4 is 0 Å². The van der Waals surface area contributed by atoms with Gasteiger partial charge in [0.2, 0.25) is 0 Å². The van der Waals surface area contributed by atoms with Crippen LogP contribution in [0.15, 0.2) is 86.6 Å². The molecule has 0 atom stereocenters. The van der Waals surface area contributed by atoms with Gasteiger partial charge in [-0.3, -0.25) is 0 Å². The quantitative estimate of drug-likeness (QED) is 0.317. The van der Waals surface area contributed by atoms with Crippen molar-refractivity contribution < 1.29 is 4.39 Å². The first-order chi connectivity index (χ1) is 14.7. The van der Waals surface area contributed by atoms with Gasteiger partial charge in [-0.05, 0) is 48.5 Å². The van der Waals surface area contributed by atoms with E-state index in [2.05, 4.69) is 23.2 Å². The van der Waals surface area contributed by atoms with Crippen LogP contribution in [0.4, 0.5) is 4.39 Å². The van der Waals surface area contributed by atoms with Crippen LogP contribution in [0.5, 0.6) is 0 Å². The molecule has 150 valence electrons. The summed E-state index contributed by atoms with van der Waals surface area (Å²) >= 11 is 11.4. The number of thioether (sulfide) groups is 2. The molecule has 1 aliphatic rings. The summed E-state index contributed by atoms with van der Waals surface area (Å²) in [5, 5.41) is 5.52. The first kappa shape index (κ1) is 20.0. The van der Waals surface area contributed by atoms with Gasteiger partial charge >= 0.3 is 0 Å². The molecule has 1 aliphatic heterocycles. The van der Waals surface area contributed by atoms with Crippen LogP contribution in [0.2, 0.25) is 5.02 Å². The summed E-state index contributed by atoms with van der Waals surface area (Å²) in [6.45, 7) is 0. The average molecular weight is 472 g/mol. The Labute approximate surface area is 191 Å². The lowest BCUT2D eigenvalue weighted by Gasteiger charge is -2.15. The zero-order valence-corrected chi connectivity index (χ0v) is 18.8. The maximum atomic E-state index is 13.3. The fourth-order valence-electron chi connectivity index (χ4n) is 3.07. The van der Waals surface area contributed by atoms with Crippen molar-refractivity contribution in [2.24, 2.45) is 0 Å². The van der Waals surface area contributed by atoms with Crippen molar-refractivity contribution in [1.82, 2.24) is 14.8 Å². The van der Waals surface area contributed by atoms with Crippen molar-refractivity contribution in [3.63, 3.8) is 0 Å². The fraction of sp³-hybridized carbons (Fsp3) is 0.0909. The summed E-state index contributed by atoms with van der Waals surface area (Å²) in [4.78, 5) is 8.85. The third-order valence-electron chi connectivity index (χ3n) is 4.48. The van der Waals surface area contributed by atoms with Crippen LogP contribution in [0.1, 0.15) is 0 Å². The lowest BCUT2D eigenvalue weighted by molar-refractivity contribution is 0.619. The molecule has 0 N–H and O–H groups in total. The molecular formula is C22H15ClFN3S3. The predicted molar refractivity (Wildman–Crippen MR) is 124 cm³/mol. The van der Waals surface area contributed by atoms with Crippen molar-refractivity contribution in [3.8, 4) is 17.1 Å². The first-order valence-corrected chi connectivity index (χ1v) is 12.4. The Morgan fingerprint density at radius 3 is 2.53 bits per heavy atom. The Kier molecular flexibility index (Phi) is 5.78. The number of hydrogen-bond acceptors (Lipinski definition) is 5. The second kappa shape index (κ2) is 8.67. The zero-order chi connectivity index (χ0) is 20.5. The van der Waals surface area contributed by atoms with Crippen molar-refractivity contribution in [3.05, 3.63) is 77.8 Å². The van der Waals surface area contributed by atoms with Crippen LogP contribution >= 0.6 is 46.9 Å². The lowest BCUT2D eigenvalue weighted by Crippen LogP contribution is -1.98. The Morgan fingerprint density at radius 1 is 0.967 bits per heavy atom. The number of benzene rings is 2. The van der Waals surface area contributed by atoms with Crippen LogP contribution in [0, 0.1) is 5.82 Å². The Hall–Kier alpha value is -1.93. The van der Waals surface area contributed by atoms with Crippen molar-refractivity contribution in [2.45, 2.75) is 19.6 Å². The van der Waals surface area contributed by atoms with Gasteiger partial charge < -0.3 is 0 Å². The van der Waals surface area contributed by atoms with Gasteiger partial charge in [-0.25, -0.2) is 14.1 Å². The minimum atomic E-state index is -0.369. The van der Waals surface area contributed by atoms with Crippen molar-refractivity contribution in [1.29, 1.82) is 0 Å². The standard InChI is InChI=1S/C22H15ClFN3S3/c23-15-2-5-17(6-3-15)30-20-13-27(21-8-4-16(24)12-25-21)26-22(20)14-1-7-18-19(11-14)29-10-9-28-18/h1-8,11-13H,9-10H2. The largest absolute Gasteiger partial charge is 0.234 e. The van der Waals surface area contributed by atoms with E-state index < -0.39 is 0 Å². The topological polar surface area (TPSA) is 30.7 Å². The molecule has 0 amide bonds. The van der Waals surface area contributed by atoms with Gasteiger partial charge in [0.05, 0.1) is 11.1 Å². The number of rotatable bonds is 4. The fourth-order valence-corrected chi connectivity index (χ4v) is 6.38. The van der Waals surface area contributed by atoms with Gasteiger partial charge in [0.1, 0.15) is 11.5 Å². The number of nitrogens with zero attached hydrogens (tertiary/aromatic N) is 3. The molecule has 3 nitrogen and oxygen atoms in total.